The number of rotatable bonds is 8. The molecule has 0 saturated heterocycles. The van der Waals surface area contributed by atoms with E-state index < -0.39 is 10.0 Å². The lowest BCUT2D eigenvalue weighted by Crippen LogP contribution is -2.35. The molecule has 1 aliphatic heterocycles. The first-order chi connectivity index (χ1) is 18.0. The van der Waals surface area contributed by atoms with Crippen LogP contribution in [0.15, 0.2) is 35.2 Å². The monoisotopic (exact) mass is 554 g/mol. The van der Waals surface area contributed by atoms with Gasteiger partial charge in [-0.25, -0.2) is 23.1 Å². The van der Waals surface area contributed by atoms with Crippen molar-refractivity contribution in [1.82, 2.24) is 19.6 Å². The van der Waals surface area contributed by atoms with Crippen LogP contribution >= 0.6 is 11.3 Å². The van der Waals surface area contributed by atoms with Gasteiger partial charge in [-0.1, -0.05) is 17.4 Å². The number of thiazole rings is 1. The van der Waals surface area contributed by atoms with Gasteiger partial charge in [0.2, 0.25) is 15.9 Å². The van der Waals surface area contributed by atoms with E-state index in [0.717, 1.165) is 23.4 Å². The van der Waals surface area contributed by atoms with Crippen molar-refractivity contribution < 1.29 is 18.0 Å². The molecule has 0 radical (unpaired) electrons. The standard InChI is InChI=1S/C26H30N6O4S2/c1-14-24(37-26(28-14)30-21-7-6-8-22(29-21)31(5)16(3)33)18-11-19-13-32(15(2)17-9-10-17)25(34)23(19)20(12-18)38(35,36)27-4/h6-8,11-12,15,17,27H,9-10,13H2,1-5H3,(H,28,29,30)/t15-/m0/s1. The van der Waals surface area contributed by atoms with Gasteiger partial charge < -0.3 is 15.1 Å². The number of pyridine rings is 1. The number of hydrogen-bond acceptors (Lipinski definition) is 8. The van der Waals surface area contributed by atoms with E-state index in [-0.39, 0.29) is 28.3 Å². The van der Waals surface area contributed by atoms with Crippen LogP contribution in [0.3, 0.4) is 0 Å². The van der Waals surface area contributed by atoms with E-state index in [2.05, 4.69) is 20.0 Å². The second-order valence-corrected chi connectivity index (χ2v) is 12.6. The highest BCUT2D eigenvalue weighted by Crippen LogP contribution is 2.42. The molecule has 1 atom stereocenters. The Balaban J connectivity index is 1.51. The molecule has 0 spiro atoms. The predicted octanol–water partition coefficient (Wildman–Crippen LogP) is 3.90. The van der Waals surface area contributed by atoms with E-state index in [1.54, 1.807) is 36.2 Å². The molecule has 2 aliphatic rings. The molecule has 2 aromatic heterocycles. The summed E-state index contributed by atoms with van der Waals surface area (Å²) in [6, 6.07) is 8.86. The average molecular weight is 555 g/mol. The summed E-state index contributed by atoms with van der Waals surface area (Å²) in [5.41, 5.74) is 2.37. The van der Waals surface area contributed by atoms with Crippen molar-refractivity contribution in [3.63, 3.8) is 0 Å². The highest BCUT2D eigenvalue weighted by atomic mass is 32.2. The van der Waals surface area contributed by atoms with Crippen LogP contribution in [0.5, 0.6) is 0 Å². The van der Waals surface area contributed by atoms with Crippen LogP contribution in [0.2, 0.25) is 0 Å². The van der Waals surface area contributed by atoms with Crippen molar-refractivity contribution in [3.05, 3.63) is 47.2 Å². The largest absolute Gasteiger partial charge is 0.331 e. The number of carbonyl (C=O) groups excluding carboxylic acids is 2. The number of sulfonamides is 1. The third-order valence-electron chi connectivity index (χ3n) is 7.20. The summed E-state index contributed by atoms with van der Waals surface area (Å²) in [5.74, 6) is 1.14. The Bertz CT molecular complexity index is 1550. The van der Waals surface area contributed by atoms with E-state index >= 15 is 0 Å². The molecule has 0 unspecified atom stereocenters. The second kappa shape index (κ2) is 9.75. The SMILES string of the molecule is CNS(=O)(=O)c1cc(-c2sc(Nc3cccc(N(C)C(C)=O)n3)nc2C)cc2c1C(=O)N([C@@H](C)C1CC1)C2. The maximum absolute atomic E-state index is 13.4. The van der Waals surface area contributed by atoms with Crippen LogP contribution in [-0.4, -0.2) is 55.2 Å². The highest BCUT2D eigenvalue weighted by Gasteiger charge is 2.41. The van der Waals surface area contributed by atoms with Gasteiger partial charge in [0.05, 0.1) is 21.0 Å². The number of hydrogen-bond donors (Lipinski definition) is 2. The molecule has 5 rings (SSSR count). The van der Waals surface area contributed by atoms with Gasteiger partial charge in [-0.05, 0) is 75.0 Å². The third-order valence-corrected chi connectivity index (χ3v) is 9.76. The number of aryl methyl sites for hydroxylation is 1. The molecule has 1 fully saturated rings. The van der Waals surface area contributed by atoms with E-state index in [1.807, 2.05) is 19.9 Å². The Kier molecular flexibility index (Phi) is 6.74. The van der Waals surface area contributed by atoms with Crippen molar-refractivity contribution >= 4 is 49.9 Å². The summed E-state index contributed by atoms with van der Waals surface area (Å²) < 4.78 is 28.5. The topological polar surface area (TPSA) is 125 Å². The first-order valence-corrected chi connectivity index (χ1v) is 14.7. The van der Waals surface area contributed by atoms with E-state index in [9.17, 15) is 18.0 Å². The molecular weight excluding hydrogens is 524 g/mol. The number of nitrogens with zero attached hydrogens (tertiary/aromatic N) is 4. The Morgan fingerprint density at radius 3 is 2.63 bits per heavy atom. The summed E-state index contributed by atoms with van der Waals surface area (Å²) in [6.07, 6.45) is 2.18. The molecule has 38 heavy (non-hydrogen) atoms. The lowest BCUT2D eigenvalue weighted by Gasteiger charge is -2.24. The summed E-state index contributed by atoms with van der Waals surface area (Å²) in [4.78, 5) is 38.2. The van der Waals surface area contributed by atoms with Gasteiger partial charge in [0.25, 0.3) is 5.91 Å². The number of benzene rings is 1. The third kappa shape index (κ3) is 4.79. The van der Waals surface area contributed by atoms with Gasteiger partial charge in [0.1, 0.15) is 11.6 Å². The number of anilines is 3. The molecule has 1 aliphatic carbocycles. The van der Waals surface area contributed by atoms with Crippen molar-refractivity contribution in [1.29, 1.82) is 0 Å². The van der Waals surface area contributed by atoms with Gasteiger partial charge in [0.15, 0.2) is 5.13 Å². The van der Waals surface area contributed by atoms with E-state index in [4.69, 9.17) is 0 Å². The van der Waals surface area contributed by atoms with Crippen LogP contribution in [0, 0.1) is 12.8 Å². The normalized spacial score (nSPS) is 15.9. The van der Waals surface area contributed by atoms with Gasteiger partial charge >= 0.3 is 0 Å². The molecule has 1 aromatic carbocycles. The van der Waals surface area contributed by atoms with Crippen molar-refractivity contribution in [2.75, 3.05) is 24.3 Å². The summed E-state index contributed by atoms with van der Waals surface area (Å²) in [6.45, 7) is 5.75. The number of amides is 2. The Labute approximate surface area is 226 Å². The molecule has 2 amide bonds. The fourth-order valence-electron chi connectivity index (χ4n) is 4.72. The zero-order valence-electron chi connectivity index (χ0n) is 21.9. The van der Waals surface area contributed by atoms with Gasteiger partial charge in [0, 0.05) is 26.6 Å². The number of nitrogens with one attached hydrogen (secondary N) is 2. The summed E-state index contributed by atoms with van der Waals surface area (Å²) >= 11 is 1.37. The zero-order valence-corrected chi connectivity index (χ0v) is 23.5. The van der Waals surface area contributed by atoms with Crippen LogP contribution in [0.1, 0.15) is 48.3 Å². The first kappa shape index (κ1) is 26.3. The minimum Gasteiger partial charge on any atom is -0.331 e. The molecule has 200 valence electrons. The zero-order chi connectivity index (χ0) is 27.4. The first-order valence-electron chi connectivity index (χ1n) is 12.4. The molecule has 3 heterocycles. The maximum atomic E-state index is 13.4. The number of fused-ring (bicyclic) bond motifs is 1. The van der Waals surface area contributed by atoms with Crippen LogP contribution in [0.25, 0.3) is 10.4 Å². The Morgan fingerprint density at radius 2 is 1.97 bits per heavy atom. The quantitative estimate of drug-likeness (QED) is 0.433. The molecular formula is C26H30N6O4S2. The Morgan fingerprint density at radius 1 is 1.24 bits per heavy atom. The van der Waals surface area contributed by atoms with Crippen molar-refractivity contribution in [2.45, 2.75) is 51.1 Å². The molecule has 2 N–H and O–H groups in total. The Hall–Kier alpha value is -3.35. The van der Waals surface area contributed by atoms with Crippen LogP contribution < -0.4 is 14.9 Å². The maximum Gasteiger partial charge on any atom is 0.256 e. The average Bonchev–Trinajstić information content (AvgIpc) is 3.60. The van der Waals surface area contributed by atoms with Crippen molar-refractivity contribution in [3.8, 4) is 10.4 Å². The molecule has 3 aromatic rings. The van der Waals surface area contributed by atoms with E-state index in [1.165, 1.54) is 30.2 Å². The van der Waals surface area contributed by atoms with Gasteiger partial charge in [-0.3, -0.25) is 9.59 Å². The second-order valence-electron chi connectivity index (χ2n) is 9.74. The summed E-state index contributed by atoms with van der Waals surface area (Å²) in [7, 11) is -0.881. The molecule has 10 nitrogen and oxygen atoms in total. The van der Waals surface area contributed by atoms with Gasteiger partial charge in [-0.15, -0.1) is 0 Å². The van der Waals surface area contributed by atoms with Crippen molar-refractivity contribution in [2.24, 2.45) is 5.92 Å². The molecule has 1 saturated carbocycles. The van der Waals surface area contributed by atoms with Crippen LogP contribution in [0.4, 0.5) is 16.8 Å². The highest BCUT2D eigenvalue weighted by molar-refractivity contribution is 7.89. The lowest BCUT2D eigenvalue weighted by atomic mass is 10.0. The van der Waals surface area contributed by atoms with E-state index in [0.29, 0.717) is 40.4 Å². The number of carbonyl (C=O) groups is 2. The minimum atomic E-state index is -3.89. The lowest BCUT2D eigenvalue weighted by molar-refractivity contribution is -0.116. The molecule has 12 heteroatoms. The predicted molar refractivity (Wildman–Crippen MR) is 147 cm³/mol. The van der Waals surface area contributed by atoms with Crippen LogP contribution in [-0.2, 0) is 21.4 Å². The summed E-state index contributed by atoms with van der Waals surface area (Å²) in [5, 5.41) is 3.77. The fourth-order valence-corrected chi connectivity index (χ4v) is 6.67. The van der Waals surface area contributed by atoms with Gasteiger partial charge in [-0.2, -0.15) is 0 Å². The number of aromatic nitrogens is 2. The fraction of sp³-hybridized carbons (Fsp3) is 0.385. The smallest absolute Gasteiger partial charge is 0.256 e. The molecule has 0 bridgehead atoms. The minimum absolute atomic E-state index is 0.00746.